The van der Waals surface area contributed by atoms with Gasteiger partial charge in [0, 0.05) is 73.2 Å². The number of nitrogens with zero attached hydrogens (tertiary/aromatic N) is 6. The number of carbonyl (C=O) groups excluding carboxylic acids is 1. The molecule has 2 aliphatic rings. The van der Waals surface area contributed by atoms with Gasteiger partial charge in [-0.15, -0.1) is 0 Å². The van der Waals surface area contributed by atoms with E-state index < -0.39 is 11.6 Å². The number of halogens is 2. The smallest absolute Gasteiger partial charge is 0.246 e. The second-order valence-electron chi connectivity index (χ2n) is 12.3. The lowest BCUT2D eigenvalue weighted by Crippen LogP contribution is -2.40. The van der Waals surface area contributed by atoms with E-state index in [1.165, 1.54) is 19.4 Å². The number of carbonyl (C=O) groups is 1. The Morgan fingerprint density at radius 1 is 1.12 bits per heavy atom. The third-order valence-electron chi connectivity index (χ3n) is 9.38. The molecule has 2 aliphatic heterocycles. The van der Waals surface area contributed by atoms with Gasteiger partial charge in [-0.25, -0.2) is 13.8 Å². The zero-order valence-electron chi connectivity index (χ0n) is 27.3. The number of pyridine rings is 2. The maximum absolute atomic E-state index is 16.1. The second kappa shape index (κ2) is 12.6. The predicted octanol–water partition coefficient (Wildman–Crippen LogP) is 6.19. The standard InChI is InChI=1S/C36H36F2N6O4/c1-6-31(45)43-8-9-44-29(21(43)3)17-28(41-44)35-32(33-26(38)15-24(37)16-30(33)47-12-11-46-5)25-7-10-48-36(25)34(40-35)22-14-23-19-42(4)20(2)13-27(23)39-18-22/h6-7,10,14-18,20-21H,1,8-9,11-13,19H2,2-5H3. The van der Waals surface area contributed by atoms with Crippen molar-refractivity contribution in [3.63, 3.8) is 0 Å². The molecule has 1 aromatic carbocycles. The Kier molecular flexibility index (Phi) is 8.30. The van der Waals surface area contributed by atoms with Crippen molar-refractivity contribution in [2.24, 2.45) is 0 Å². The van der Waals surface area contributed by atoms with Crippen LogP contribution in [-0.2, 0) is 29.0 Å². The summed E-state index contributed by atoms with van der Waals surface area (Å²) in [5.41, 5.74) is 5.75. The lowest BCUT2D eigenvalue weighted by molar-refractivity contribution is -0.129. The monoisotopic (exact) mass is 654 g/mol. The van der Waals surface area contributed by atoms with Crippen molar-refractivity contribution in [1.82, 2.24) is 29.5 Å². The van der Waals surface area contributed by atoms with Crippen molar-refractivity contribution in [3.8, 4) is 39.5 Å². The highest BCUT2D eigenvalue weighted by Crippen LogP contribution is 2.46. The molecule has 12 heteroatoms. The molecular formula is C36H36F2N6O4. The van der Waals surface area contributed by atoms with Gasteiger partial charge in [-0.3, -0.25) is 19.4 Å². The summed E-state index contributed by atoms with van der Waals surface area (Å²) < 4.78 is 49.7. The SMILES string of the molecule is C=CC(=O)N1CCn2nc(-c3nc(-c4cnc5c(c4)CN(C)C(C)C5)c4occc4c3-c3c(F)cc(F)cc3OCCOC)cc2C1C. The number of benzene rings is 1. The molecule has 0 N–H and O–H groups in total. The summed E-state index contributed by atoms with van der Waals surface area (Å²) in [7, 11) is 3.61. The van der Waals surface area contributed by atoms with Crippen LogP contribution in [0, 0.1) is 11.6 Å². The molecule has 48 heavy (non-hydrogen) atoms. The van der Waals surface area contributed by atoms with Gasteiger partial charge >= 0.3 is 0 Å². The zero-order valence-corrected chi connectivity index (χ0v) is 27.3. The first kappa shape index (κ1) is 31.6. The summed E-state index contributed by atoms with van der Waals surface area (Å²) in [6.07, 6.45) is 5.45. The zero-order chi connectivity index (χ0) is 33.7. The Labute approximate surface area is 276 Å². The molecule has 2 atom stereocenters. The fourth-order valence-electron chi connectivity index (χ4n) is 6.70. The van der Waals surface area contributed by atoms with Gasteiger partial charge in [0.25, 0.3) is 0 Å². The van der Waals surface area contributed by atoms with Crippen molar-refractivity contribution in [3.05, 3.63) is 84.0 Å². The maximum atomic E-state index is 16.1. The van der Waals surface area contributed by atoms with Crippen LogP contribution in [0.4, 0.5) is 8.78 Å². The van der Waals surface area contributed by atoms with Gasteiger partial charge in [0.1, 0.15) is 41.1 Å². The number of likely N-dealkylation sites (N-methyl/N-ethyl adjacent to an activating group) is 1. The highest BCUT2D eigenvalue weighted by molar-refractivity contribution is 6.06. The van der Waals surface area contributed by atoms with Gasteiger partial charge < -0.3 is 18.8 Å². The third-order valence-corrected chi connectivity index (χ3v) is 9.38. The lowest BCUT2D eigenvalue weighted by atomic mass is 9.94. The van der Waals surface area contributed by atoms with Crippen molar-refractivity contribution < 1.29 is 27.5 Å². The topological polar surface area (TPSA) is 98.8 Å². The summed E-state index contributed by atoms with van der Waals surface area (Å²) in [4.78, 5) is 26.6. The minimum Gasteiger partial charge on any atom is -0.490 e. The Bertz CT molecular complexity index is 2060. The molecule has 0 saturated heterocycles. The first-order chi connectivity index (χ1) is 23.2. The fraction of sp³-hybridized carbons (Fsp3) is 0.333. The summed E-state index contributed by atoms with van der Waals surface area (Å²) >= 11 is 0. The molecular weight excluding hydrogens is 618 g/mol. The number of furan rings is 1. The second-order valence-corrected chi connectivity index (χ2v) is 12.3. The first-order valence-corrected chi connectivity index (χ1v) is 15.9. The molecule has 248 valence electrons. The molecule has 0 bridgehead atoms. The molecule has 10 nitrogen and oxygen atoms in total. The average Bonchev–Trinajstić information content (AvgIpc) is 3.73. The van der Waals surface area contributed by atoms with E-state index in [0.717, 1.165) is 47.6 Å². The molecule has 5 aromatic rings. The minimum atomic E-state index is -0.826. The van der Waals surface area contributed by atoms with Crippen LogP contribution in [0.5, 0.6) is 5.75 Å². The summed E-state index contributed by atoms with van der Waals surface area (Å²) in [6, 6.07) is 7.73. The van der Waals surface area contributed by atoms with E-state index in [4.69, 9.17) is 29.0 Å². The normalized spacial score (nSPS) is 17.8. The molecule has 0 fully saturated rings. The number of ether oxygens (including phenoxy) is 2. The quantitative estimate of drug-likeness (QED) is 0.144. The molecule has 0 radical (unpaired) electrons. The molecule has 6 heterocycles. The lowest BCUT2D eigenvalue weighted by Gasteiger charge is -2.33. The van der Waals surface area contributed by atoms with E-state index in [9.17, 15) is 9.18 Å². The molecule has 2 unspecified atom stereocenters. The molecule has 1 amide bonds. The van der Waals surface area contributed by atoms with Crippen molar-refractivity contribution in [1.29, 1.82) is 0 Å². The van der Waals surface area contributed by atoms with Crippen molar-refractivity contribution in [2.75, 3.05) is 33.9 Å². The van der Waals surface area contributed by atoms with Gasteiger partial charge in [0.15, 0.2) is 5.58 Å². The van der Waals surface area contributed by atoms with E-state index in [0.29, 0.717) is 52.7 Å². The van der Waals surface area contributed by atoms with E-state index in [1.807, 2.05) is 17.7 Å². The third kappa shape index (κ3) is 5.44. The van der Waals surface area contributed by atoms with E-state index in [1.54, 1.807) is 17.2 Å². The van der Waals surface area contributed by atoms with Crippen molar-refractivity contribution >= 4 is 16.9 Å². The van der Waals surface area contributed by atoms with Crippen LogP contribution >= 0.6 is 0 Å². The van der Waals surface area contributed by atoms with E-state index in [-0.39, 0.29) is 36.5 Å². The molecule has 0 spiro atoms. The summed E-state index contributed by atoms with van der Waals surface area (Å²) in [5.74, 6) is -1.79. The highest BCUT2D eigenvalue weighted by atomic mass is 19.1. The average molecular weight is 655 g/mol. The number of aromatic nitrogens is 4. The van der Waals surface area contributed by atoms with Gasteiger partial charge in [-0.05, 0) is 50.7 Å². The van der Waals surface area contributed by atoms with Gasteiger partial charge in [-0.1, -0.05) is 6.58 Å². The van der Waals surface area contributed by atoms with Crippen molar-refractivity contribution in [2.45, 2.75) is 45.4 Å². The Balaban J connectivity index is 1.47. The molecule has 7 rings (SSSR count). The highest BCUT2D eigenvalue weighted by Gasteiger charge is 2.32. The maximum Gasteiger partial charge on any atom is 0.246 e. The van der Waals surface area contributed by atoms with E-state index >= 15 is 4.39 Å². The number of amides is 1. The number of fused-ring (bicyclic) bond motifs is 3. The Hall–Kier alpha value is -4.94. The Morgan fingerprint density at radius 3 is 2.75 bits per heavy atom. The van der Waals surface area contributed by atoms with Gasteiger partial charge in [-0.2, -0.15) is 5.10 Å². The van der Waals surface area contributed by atoms with Gasteiger partial charge in [0.05, 0.1) is 36.7 Å². The number of rotatable bonds is 8. The van der Waals surface area contributed by atoms with Crippen LogP contribution in [0.2, 0.25) is 0 Å². The van der Waals surface area contributed by atoms with Crippen LogP contribution in [0.15, 0.2) is 59.9 Å². The Morgan fingerprint density at radius 2 is 1.96 bits per heavy atom. The summed E-state index contributed by atoms with van der Waals surface area (Å²) in [6.45, 7) is 9.67. The molecule has 0 saturated carbocycles. The number of methoxy groups -OCH3 is 1. The summed E-state index contributed by atoms with van der Waals surface area (Å²) in [5, 5.41) is 5.47. The van der Waals surface area contributed by atoms with Crippen LogP contribution in [0.3, 0.4) is 0 Å². The molecule has 4 aromatic heterocycles. The molecule has 0 aliphatic carbocycles. The number of hydrogen-bond acceptors (Lipinski definition) is 8. The van der Waals surface area contributed by atoms with Crippen LogP contribution < -0.4 is 4.74 Å². The fourth-order valence-corrected chi connectivity index (χ4v) is 6.70. The first-order valence-electron chi connectivity index (χ1n) is 15.9. The largest absolute Gasteiger partial charge is 0.490 e. The van der Waals surface area contributed by atoms with Crippen LogP contribution in [0.25, 0.3) is 44.7 Å². The van der Waals surface area contributed by atoms with E-state index in [2.05, 4.69) is 31.5 Å². The van der Waals surface area contributed by atoms with Gasteiger partial charge in [0.2, 0.25) is 5.91 Å². The predicted molar refractivity (Wildman–Crippen MR) is 176 cm³/mol. The minimum absolute atomic E-state index is 0.00412. The number of hydrogen-bond donors (Lipinski definition) is 0. The van der Waals surface area contributed by atoms with Crippen LogP contribution in [-0.4, -0.2) is 75.4 Å². The van der Waals surface area contributed by atoms with Crippen LogP contribution in [0.1, 0.15) is 36.8 Å².